The Bertz CT molecular complexity index is 677. The molecule has 5 heteroatoms. The van der Waals surface area contributed by atoms with Crippen LogP contribution in [0.2, 0.25) is 0 Å². The Morgan fingerprint density at radius 1 is 1.48 bits per heavy atom. The van der Waals surface area contributed by atoms with Gasteiger partial charge in [-0.1, -0.05) is 6.92 Å². The van der Waals surface area contributed by atoms with E-state index < -0.39 is 5.97 Å². The molecule has 21 heavy (non-hydrogen) atoms. The molecule has 1 saturated heterocycles. The van der Waals surface area contributed by atoms with Crippen molar-refractivity contribution in [2.75, 3.05) is 20.1 Å². The van der Waals surface area contributed by atoms with E-state index in [-0.39, 0.29) is 0 Å². The number of benzene rings is 1. The zero-order chi connectivity index (χ0) is 15.0. The van der Waals surface area contributed by atoms with E-state index in [1.54, 1.807) is 12.1 Å². The molecule has 0 bridgehead atoms. The van der Waals surface area contributed by atoms with Gasteiger partial charge >= 0.3 is 5.97 Å². The highest BCUT2D eigenvalue weighted by Gasteiger charge is 2.25. The molecule has 1 unspecified atom stereocenters. The van der Waals surface area contributed by atoms with Gasteiger partial charge in [0.2, 0.25) is 0 Å². The standard InChI is InChI=1S/C16H21N3O2/c1-3-4-15-17-13-6-5-11(16(20)21)9-14(13)19(15)12-7-8-18(2)10-12/h5-6,9,12H,3-4,7-8,10H2,1-2H3,(H,20,21). The molecule has 0 radical (unpaired) electrons. The summed E-state index contributed by atoms with van der Waals surface area (Å²) in [6, 6.07) is 5.62. The zero-order valence-electron chi connectivity index (χ0n) is 12.5. The van der Waals surface area contributed by atoms with Gasteiger partial charge in [0.25, 0.3) is 0 Å². The van der Waals surface area contributed by atoms with Crippen molar-refractivity contribution in [1.29, 1.82) is 0 Å². The number of carboxylic acid groups (broad SMARTS) is 1. The molecule has 1 fully saturated rings. The minimum atomic E-state index is -0.884. The minimum absolute atomic E-state index is 0.332. The number of nitrogens with zero attached hydrogens (tertiary/aromatic N) is 3. The van der Waals surface area contributed by atoms with Crippen molar-refractivity contribution < 1.29 is 9.90 Å². The second-order valence-electron chi connectivity index (χ2n) is 5.86. The fourth-order valence-electron chi connectivity index (χ4n) is 3.21. The molecule has 0 saturated carbocycles. The van der Waals surface area contributed by atoms with Crippen molar-refractivity contribution >= 4 is 17.0 Å². The number of carbonyl (C=O) groups is 1. The third kappa shape index (κ3) is 2.53. The van der Waals surface area contributed by atoms with Crippen molar-refractivity contribution in [3.63, 3.8) is 0 Å². The molecular weight excluding hydrogens is 266 g/mol. The van der Waals surface area contributed by atoms with Gasteiger partial charge in [-0.2, -0.15) is 0 Å². The van der Waals surface area contributed by atoms with Crippen molar-refractivity contribution in [2.45, 2.75) is 32.2 Å². The predicted octanol–water partition coefficient (Wildman–Crippen LogP) is 2.56. The van der Waals surface area contributed by atoms with Crippen molar-refractivity contribution in [1.82, 2.24) is 14.5 Å². The summed E-state index contributed by atoms with van der Waals surface area (Å²) in [5.74, 6) is 0.195. The van der Waals surface area contributed by atoms with Crippen molar-refractivity contribution in [2.24, 2.45) is 0 Å². The Morgan fingerprint density at radius 3 is 2.90 bits per heavy atom. The van der Waals surface area contributed by atoms with E-state index in [0.717, 1.165) is 49.2 Å². The van der Waals surface area contributed by atoms with E-state index in [0.29, 0.717) is 11.6 Å². The highest BCUT2D eigenvalue weighted by atomic mass is 16.4. The average molecular weight is 287 g/mol. The number of imidazole rings is 1. The zero-order valence-corrected chi connectivity index (χ0v) is 12.5. The van der Waals surface area contributed by atoms with E-state index in [1.165, 1.54) is 0 Å². The van der Waals surface area contributed by atoms with Crippen LogP contribution < -0.4 is 0 Å². The summed E-state index contributed by atoms with van der Waals surface area (Å²) in [4.78, 5) is 18.3. The van der Waals surface area contributed by atoms with Gasteiger partial charge in [0.1, 0.15) is 5.82 Å². The van der Waals surface area contributed by atoms with Crippen molar-refractivity contribution in [3.8, 4) is 0 Å². The summed E-state index contributed by atoms with van der Waals surface area (Å²) in [6.45, 7) is 4.22. The fourth-order valence-corrected chi connectivity index (χ4v) is 3.21. The maximum absolute atomic E-state index is 11.2. The average Bonchev–Trinajstić information content (AvgIpc) is 3.01. The van der Waals surface area contributed by atoms with Crippen LogP contribution in [0.25, 0.3) is 11.0 Å². The van der Waals surface area contributed by atoms with Crippen LogP contribution in [0.15, 0.2) is 18.2 Å². The fraction of sp³-hybridized carbons (Fsp3) is 0.500. The Morgan fingerprint density at radius 2 is 2.29 bits per heavy atom. The van der Waals surface area contributed by atoms with E-state index >= 15 is 0 Å². The van der Waals surface area contributed by atoms with Crippen LogP contribution in [0.1, 0.15) is 42.0 Å². The lowest BCUT2D eigenvalue weighted by Gasteiger charge is -2.17. The number of aromatic nitrogens is 2. The number of likely N-dealkylation sites (tertiary alicyclic amines) is 1. The quantitative estimate of drug-likeness (QED) is 0.939. The van der Waals surface area contributed by atoms with Gasteiger partial charge in [-0.05, 0) is 44.6 Å². The molecule has 1 aromatic heterocycles. The predicted molar refractivity (Wildman–Crippen MR) is 81.8 cm³/mol. The molecular formula is C16H21N3O2. The van der Waals surface area contributed by atoms with Crippen LogP contribution in [0, 0.1) is 0 Å². The molecule has 112 valence electrons. The highest BCUT2D eigenvalue weighted by molar-refractivity contribution is 5.92. The van der Waals surface area contributed by atoms with E-state index in [4.69, 9.17) is 4.98 Å². The number of fused-ring (bicyclic) bond motifs is 1. The lowest BCUT2D eigenvalue weighted by molar-refractivity contribution is 0.0697. The number of carboxylic acids is 1. The van der Waals surface area contributed by atoms with Crippen LogP contribution in [0.3, 0.4) is 0 Å². The lowest BCUT2D eigenvalue weighted by Crippen LogP contribution is -2.18. The van der Waals surface area contributed by atoms with Gasteiger partial charge in [-0.15, -0.1) is 0 Å². The normalized spacial score (nSPS) is 19.4. The van der Waals surface area contributed by atoms with E-state index in [1.807, 2.05) is 6.07 Å². The van der Waals surface area contributed by atoms with Crippen LogP contribution in [0.5, 0.6) is 0 Å². The van der Waals surface area contributed by atoms with Crippen LogP contribution >= 0.6 is 0 Å². The second-order valence-corrected chi connectivity index (χ2v) is 5.86. The summed E-state index contributed by atoms with van der Waals surface area (Å²) in [7, 11) is 2.13. The molecule has 1 aromatic carbocycles. The van der Waals surface area contributed by atoms with Crippen LogP contribution in [-0.4, -0.2) is 45.7 Å². The maximum atomic E-state index is 11.2. The molecule has 5 nitrogen and oxygen atoms in total. The summed E-state index contributed by atoms with van der Waals surface area (Å²) in [5, 5.41) is 9.21. The van der Waals surface area contributed by atoms with Gasteiger partial charge < -0.3 is 14.6 Å². The Labute approximate surface area is 124 Å². The number of aryl methyl sites for hydroxylation is 1. The molecule has 2 heterocycles. The lowest BCUT2D eigenvalue weighted by atomic mass is 10.2. The first kappa shape index (κ1) is 14.1. The Hall–Kier alpha value is -1.88. The van der Waals surface area contributed by atoms with Gasteiger partial charge in [0, 0.05) is 19.0 Å². The van der Waals surface area contributed by atoms with Crippen LogP contribution in [-0.2, 0) is 6.42 Å². The van der Waals surface area contributed by atoms with Gasteiger partial charge in [0.05, 0.1) is 16.6 Å². The van der Waals surface area contributed by atoms with E-state index in [2.05, 4.69) is 23.4 Å². The number of rotatable bonds is 4. The van der Waals surface area contributed by atoms with Gasteiger partial charge in [-0.25, -0.2) is 9.78 Å². The largest absolute Gasteiger partial charge is 0.478 e. The number of likely N-dealkylation sites (N-methyl/N-ethyl adjacent to an activating group) is 1. The van der Waals surface area contributed by atoms with E-state index in [9.17, 15) is 9.90 Å². The highest BCUT2D eigenvalue weighted by Crippen LogP contribution is 2.28. The molecule has 1 aliphatic rings. The number of aromatic carboxylic acids is 1. The molecule has 0 spiro atoms. The van der Waals surface area contributed by atoms with Crippen LogP contribution in [0.4, 0.5) is 0 Å². The molecule has 2 aromatic rings. The smallest absolute Gasteiger partial charge is 0.335 e. The summed E-state index contributed by atoms with van der Waals surface area (Å²) >= 11 is 0. The maximum Gasteiger partial charge on any atom is 0.335 e. The number of hydrogen-bond donors (Lipinski definition) is 1. The molecule has 0 amide bonds. The van der Waals surface area contributed by atoms with Crippen molar-refractivity contribution in [3.05, 3.63) is 29.6 Å². The number of hydrogen-bond acceptors (Lipinski definition) is 3. The molecule has 0 aliphatic carbocycles. The topological polar surface area (TPSA) is 58.4 Å². The SMILES string of the molecule is CCCc1nc2ccc(C(=O)O)cc2n1C1CCN(C)C1. The summed E-state index contributed by atoms with van der Waals surface area (Å²) < 4.78 is 2.27. The third-order valence-corrected chi connectivity index (χ3v) is 4.21. The molecule has 1 atom stereocenters. The summed E-state index contributed by atoms with van der Waals surface area (Å²) in [5.41, 5.74) is 2.19. The molecule has 1 aliphatic heterocycles. The first-order chi connectivity index (χ1) is 10.1. The molecule has 1 N–H and O–H groups in total. The molecule has 3 rings (SSSR count). The summed E-state index contributed by atoms with van der Waals surface area (Å²) in [6.07, 6.45) is 3.06. The van der Waals surface area contributed by atoms with Gasteiger partial charge in [-0.3, -0.25) is 0 Å². The first-order valence-corrected chi connectivity index (χ1v) is 7.53. The first-order valence-electron chi connectivity index (χ1n) is 7.53. The second kappa shape index (κ2) is 5.48. The Kier molecular flexibility index (Phi) is 3.68. The third-order valence-electron chi connectivity index (χ3n) is 4.21. The van der Waals surface area contributed by atoms with Gasteiger partial charge in [0.15, 0.2) is 0 Å². The monoisotopic (exact) mass is 287 g/mol. The Balaban J connectivity index is 2.14. The minimum Gasteiger partial charge on any atom is -0.478 e.